The molecule has 0 aliphatic carbocycles. The van der Waals surface area contributed by atoms with Gasteiger partial charge in [-0.05, 0) is 28.8 Å². The fraction of sp³-hybridized carbons (Fsp3) is 0.235. The van der Waals surface area contributed by atoms with Gasteiger partial charge in [-0.25, -0.2) is 4.98 Å². The van der Waals surface area contributed by atoms with Crippen LogP contribution in [0.3, 0.4) is 0 Å². The lowest BCUT2D eigenvalue weighted by atomic mass is 10.0. The van der Waals surface area contributed by atoms with E-state index in [1.54, 1.807) is 0 Å². The van der Waals surface area contributed by atoms with Crippen molar-refractivity contribution in [1.82, 2.24) is 9.55 Å². The number of rotatable bonds is 3. The Morgan fingerprint density at radius 2 is 1.75 bits per heavy atom. The van der Waals surface area contributed by atoms with Crippen molar-refractivity contribution in [3.63, 3.8) is 0 Å². The third kappa shape index (κ3) is 2.10. The third-order valence-electron chi connectivity index (χ3n) is 3.81. The zero-order chi connectivity index (χ0) is 14.1. The summed E-state index contributed by atoms with van der Waals surface area (Å²) >= 11 is 0. The molecule has 0 fully saturated rings. The van der Waals surface area contributed by atoms with Crippen molar-refractivity contribution >= 4 is 11.0 Å². The first kappa shape index (κ1) is 12.9. The molecule has 1 aromatic heterocycles. The Balaban J connectivity index is 2.09. The maximum absolute atomic E-state index is 5.64. The van der Waals surface area contributed by atoms with Gasteiger partial charge in [0.1, 0.15) is 5.82 Å². The van der Waals surface area contributed by atoms with E-state index in [0.29, 0.717) is 6.54 Å². The van der Waals surface area contributed by atoms with Gasteiger partial charge >= 0.3 is 0 Å². The molecule has 3 heteroatoms. The van der Waals surface area contributed by atoms with Crippen LogP contribution >= 0.6 is 0 Å². The fourth-order valence-corrected chi connectivity index (χ4v) is 2.57. The Labute approximate surface area is 119 Å². The zero-order valence-electron chi connectivity index (χ0n) is 11.9. The molecule has 0 unspecified atom stereocenters. The molecular weight excluding hydrogens is 246 g/mol. The molecule has 0 spiro atoms. The summed E-state index contributed by atoms with van der Waals surface area (Å²) in [6, 6.07) is 14.9. The average Bonchev–Trinajstić information content (AvgIpc) is 2.83. The number of aromatic nitrogens is 2. The lowest BCUT2D eigenvalue weighted by Gasteiger charge is -2.04. The topological polar surface area (TPSA) is 43.8 Å². The van der Waals surface area contributed by atoms with Crippen LogP contribution in [0.25, 0.3) is 22.2 Å². The minimum atomic E-state index is 0.584. The van der Waals surface area contributed by atoms with E-state index in [4.69, 9.17) is 5.73 Å². The minimum Gasteiger partial charge on any atom is -0.331 e. The minimum absolute atomic E-state index is 0.584. The van der Waals surface area contributed by atoms with Crippen molar-refractivity contribution in [3.8, 4) is 11.1 Å². The molecule has 2 N–H and O–H groups in total. The molecular formula is C17H19N3. The summed E-state index contributed by atoms with van der Waals surface area (Å²) < 4.78 is 2.17. The fourth-order valence-electron chi connectivity index (χ4n) is 2.57. The quantitative estimate of drug-likeness (QED) is 0.790. The number of nitrogens with zero attached hydrogens (tertiary/aromatic N) is 2. The SMILES string of the molecule is CCc1nc2ccc(-c3ccc(CN)cc3)cc2n1C. The Morgan fingerprint density at radius 1 is 1.05 bits per heavy atom. The molecule has 0 amide bonds. The maximum Gasteiger partial charge on any atom is 0.109 e. The van der Waals surface area contributed by atoms with E-state index in [0.717, 1.165) is 23.3 Å². The van der Waals surface area contributed by atoms with Crippen LogP contribution in [0.5, 0.6) is 0 Å². The van der Waals surface area contributed by atoms with Crippen LogP contribution in [0.2, 0.25) is 0 Å². The van der Waals surface area contributed by atoms with Gasteiger partial charge in [0, 0.05) is 20.0 Å². The van der Waals surface area contributed by atoms with Crippen LogP contribution in [0.4, 0.5) is 0 Å². The van der Waals surface area contributed by atoms with Crippen LogP contribution in [-0.2, 0) is 20.0 Å². The Bertz CT molecular complexity index is 739. The molecule has 0 atom stereocenters. The van der Waals surface area contributed by atoms with Crippen molar-refractivity contribution in [3.05, 3.63) is 53.9 Å². The van der Waals surface area contributed by atoms with Gasteiger partial charge in [0.2, 0.25) is 0 Å². The maximum atomic E-state index is 5.64. The Kier molecular flexibility index (Phi) is 3.28. The molecule has 102 valence electrons. The third-order valence-corrected chi connectivity index (χ3v) is 3.81. The molecule has 0 bridgehead atoms. The summed E-state index contributed by atoms with van der Waals surface area (Å²) in [7, 11) is 2.08. The van der Waals surface area contributed by atoms with Crippen molar-refractivity contribution in [2.75, 3.05) is 0 Å². The highest BCUT2D eigenvalue weighted by molar-refractivity contribution is 5.82. The summed E-state index contributed by atoms with van der Waals surface area (Å²) in [6.45, 7) is 2.72. The second kappa shape index (κ2) is 5.10. The lowest BCUT2D eigenvalue weighted by Crippen LogP contribution is -1.95. The number of benzene rings is 2. The molecule has 2 aromatic carbocycles. The van der Waals surface area contributed by atoms with E-state index in [2.05, 4.69) is 66.0 Å². The highest BCUT2D eigenvalue weighted by Gasteiger charge is 2.07. The van der Waals surface area contributed by atoms with Crippen molar-refractivity contribution in [2.45, 2.75) is 19.9 Å². The van der Waals surface area contributed by atoms with E-state index in [9.17, 15) is 0 Å². The van der Waals surface area contributed by atoms with Crippen molar-refractivity contribution < 1.29 is 0 Å². The number of hydrogen-bond acceptors (Lipinski definition) is 2. The number of fused-ring (bicyclic) bond motifs is 1. The van der Waals surface area contributed by atoms with E-state index in [-0.39, 0.29) is 0 Å². The molecule has 0 aliphatic rings. The standard InChI is InChI=1S/C17H19N3/c1-3-17-19-15-9-8-14(10-16(15)20(17)2)13-6-4-12(11-18)5-7-13/h4-10H,3,11,18H2,1-2H3. The van der Waals surface area contributed by atoms with E-state index < -0.39 is 0 Å². The summed E-state index contributed by atoms with van der Waals surface area (Å²) in [5, 5.41) is 0. The van der Waals surface area contributed by atoms with Crippen LogP contribution in [0.15, 0.2) is 42.5 Å². The van der Waals surface area contributed by atoms with Gasteiger partial charge in [-0.2, -0.15) is 0 Å². The van der Waals surface area contributed by atoms with Crippen LogP contribution in [0, 0.1) is 0 Å². The monoisotopic (exact) mass is 265 g/mol. The molecule has 3 nitrogen and oxygen atoms in total. The summed E-state index contributed by atoms with van der Waals surface area (Å²) in [4.78, 5) is 4.64. The first-order valence-electron chi connectivity index (χ1n) is 6.97. The number of imidazole rings is 1. The van der Waals surface area contributed by atoms with E-state index in [1.165, 1.54) is 16.6 Å². The van der Waals surface area contributed by atoms with Gasteiger partial charge in [-0.1, -0.05) is 37.3 Å². The first-order chi connectivity index (χ1) is 9.72. The second-order valence-corrected chi connectivity index (χ2v) is 5.05. The van der Waals surface area contributed by atoms with Gasteiger partial charge in [-0.3, -0.25) is 0 Å². The molecule has 0 aliphatic heterocycles. The van der Waals surface area contributed by atoms with Crippen LogP contribution in [0.1, 0.15) is 18.3 Å². The molecule has 3 aromatic rings. The first-order valence-corrected chi connectivity index (χ1v) is 6.97. The molecule has 20 heavy (non-hydrogen) atoms. The zero-order valence-corrected chi connectivity index (χ0v) is 11.9. The van der Waals surface area contributed by atoms with Crippen LogP contribution in [-0.4, -0.2) is 9.55 Å². The lowest BCUT2D eigenvalue weighted by molar-refractivity contribution is 0.829. The van der Waals surface area contributed by atoms with Gasteiger partial charge in [-0.15, -0.1) is 0 Å². The van der Waals surface area contributed by atoms with E-state index in [1.807, 2.05) is 0 Å². The number of hydrogen-bond donors (Lipinski definition) is 1. The average molecular weight is 265 g/mol. The van der Waals surface area contributed by atoms with Gasteiger partial charge < -0.3 is 10.3 Å². The Morgan fingerprint density at radius 3 is 2.40 bits per heavy atom. The van der Waals surface area contributed by atoms with Gasteiger partial charge in [0.25, 0.3) is 0 Å². The van der Waals surface area contributed by atoms with Crippen LogP contribution < -0.4 is 5.73 Å². The highest BCUT2D eigenvalue weighted by Crippen LogP contribution is 2.25. The Hall–Kier alpha value is -2.13. The molecule has 3 rings (SSSR count). The van der Waals surface area contributed by atoms with E-state index >= 15 is 0 Å². The highest BCUT2D eigenvalue weighted by atomic mass is 15.1. The molecule has 0 saturated carbocycles. The van der Waals surface area contributed by atoms with Gasteiger partial charge in [0.05, 0.1) is 11.0 Å². The van der Waals surface area contributed by atoms with Crippen molar-refractivity contribution in [2.24, 2.45) is 12.8 Å². The summed E-state index contributed by atoms with van der Waals surface area (Å²) in [5.41, 5.74) is 11.5. The summed E-state index contributed by atoms with van der Waals surface area (Å²) in [6.07, 6.45) is 0.950. The largest absolute Gasteiger partial charge is 0.331 e. The molecule has 0 saturated heterocycles. The predicted octanol–water partition coefficient (Wildman–Crippen LogP) is 3.26. The predicted molar refractivity (Wildman–Crippen MR) is 83.4 cm³/mol. The smallest absolute Gasteiger partial charge is 0.109 e. The normalized spacial score (nSPS) is 11.2. The number of aryl methyl sites for hydroxylation is 2. The van der Waals surface area contributed by atoms with Crippen molar-refractivity contribution in [1.29, 1.82) is 0 Å². The second-order valence-electron chi connectivity index (χ2n) is 5.05. The summed E-state index contributed by atoms with van der Waals surface area (Å²) in [5.74, 6) is 1.12. The molecule has 1 heterocycles. The number of nitrogens with two attached hydrogens (primary N) is 1. The molecule has 0 radical (unpaired) electrons. The van der Waals surface area contributed by atoms with Gasteiger partial charge in [0.15, 0.2) is 0 Å².